The highest BCUT2D eigenvalue weighted by atomic mass is 127. The summed E-state index contributed by atoms with van der Waals surface area (Å²) in [7, 11) is 1.65. The number of benzene rings is 2. The van der Waals surface area contributed by atoms with Crippen LogP contribution in [-0.2, 0) is 25.7 Å². The van der Waals surface area contributed by atoms with Gasteiger partial charge in [0.05, 0.1) is 5.56 Å². The zero-order chi connectivity index (χ0) is 21.4. The second-order valence-electron chi connectivity index (χ2n) is 6.75. The smallest absolute Gasteiger partial charge is 0.356 e. The van der Waals surface area contributed by atoms with E-state index in [1.165, 1.54) is 17.7 Å². The highest BCUT2D eigenvalue weighted by Crippen LogP contribution is 2.29. The molecule has 0 fully saturated rings. The van der Waals surface area contributed by atoms with Gasteiger partial charge in [-0.05, 0) is 23.3 Å². The largest absolute Gasteiger partial charge is 0.416 e. The SMILES string of the molecule is CN=C(NCCc1nccn1Cc1ccccc1)NCc1ccc(C(F)(F)F)cc1.I. The predicted molar refractivity (Wildman–Crippen MR) is 127 cm³/mol. The number of rotatable bonds is 7. The van der Waals surface area contributed by atoms with Gasteiger partial charge in [-0.15, -0.1) is 24.0 Å². The van der Waals surface area contributed by atoms with Gasteiger partial charge in [-0.3, -0.25) is 4.99 Å². The maximum Gasteiger partial charge on any atom is 0.416 e. The van der Waals surface area contributed by atoms with Crippen LogP contribution in [0.25, 0.3) is 0 Å². The average molecular weight is 543 g/mol. The Kier molecular flexibility index (Phi) is 9.35. The summed E-state index contributed by atoms with van der Waals surface area (Å²) >= 11 is 0. The molecule has 0 unspecified atom stereocenters. The number of aliphatic imine (C=N–C) groups is 1. The molecule has 3 rings (SSSR count). The van der Waals surface area contributed by atoms with Crippen molar-refractivity contribution < 1.29 is 13.2 Å². The van der Waals surface area contributed by atoms with Gasteiger partial charge >= 0.3 is 6.18 Å². The molecule has 0 saturated carbocycles. The van der Waals surface area contributed by atoms with Crippen LogP contribution in [0.15, 0.2) is 72.0 Å². The molecule has 0 amide bonds. The van der Waals surface area contributed by atoms with Crippen LogP contribution in [0.5, 0.6) is 0 Å². The van der Waals surface area contributed by atoms with Crippen LogP contribution in [0, 0.1) is 0 Å². The fraction of sp³-hybridized carbons (Fsp3) is 0.273. The van der Waals surface area contributed by atoms with Crippen molar-refractivity contribution in [2.45, 2.75) is 25.7 Å². The van der Waals surface area contributed by atoms with Crippen LogP contribution in [0.4, 0.5) is 13.2 Å². The fourth-order valence-electron chi connectivity index (χ4n) is 3.00. The Morgan fingerprint density at radius 2 is 1.71 bits per heavy atom. The van der Waals surface area contributed by atoms with E-state index in [9.17, 15) is 13.2 Å². The molecule has 0 aliphatic carbocycles. The van der Waals surface area contributed by atoms with Gasteiger partial charge in [0, 0.05) is 45.5 Å². The molecule has 31 heavy (non-hydrogen) atoms. The van der Waals surface area contributed by atoms with Gasteiger partial charge in [0.25, 0.3) is 0 Å². The number of alkyl halides is 3. The fourth-order valence-corrected chi connectivity index (χ4v) is 3.00. The molecule has 1 aromatic heterocycles. The van der Waals surface area contributed by atoms with E-state index in [-0.39, 0.29) is 24.0 Å². The Morgan fingerprint density at radius 1 is 1.00 bits per heavy atom. The number of halogens is 4. The molecule has 0 atom stereocenters. The van der Waals surface area contributed by atoms with Crippen LogP contribution in [-0.4, -0.2) is 29.1 Å². The molecular formula is C22H25F3IN5. The van der Waals surface area contributed by atoms with Gasteiger partial charge in [-0.2, -0.15) is 13.2 Å². The quantitative estimate of drug-likeness (QED) is 0.263. The molecule has 5 nitrogen and oxygen atoms in total. The second kappa shape index (κ2) is 11.7. The third kappa shape index (κ3) is 7.57. The first-order valence-corrected chi connectivity index (χ1v) is 9.60. The molecule has 3 aromatic rings. The van der Waals surface area contributed by atoms with E-state index in [4.69, 9.17) is 0 Å². The third-order valence-electron chi connectivity index (χ3n) is 4.60. The summed E-state index contributed by atoms with van der Waals surface area (Å²) in [5, 5.41) is 6.32. The van der Waals surface area contributed by atoms with Gasteiger partial charge in [-0.1, -0.05) is 42.5 Å². The number of nitrogens with zero attached hydrogens (tertiary/aromatic N) is 3. The van der Waals surface area contributed by atoms with Crippen molar-refractivity contribution in [3.63, 3.8) is 0 Å². The first kappa shape index (κ1) is 24.7. The van der Waals surface area contributed by atoms with Crippen molar-refractivity contribution >= 4 is 29.9 Å². The maximum atomic E-state index is 12.6. The Bertz CT molecular complexity index is 953. The topological polar surface area (TPSA) is 54.2 Å². The number of hydrogen-bond donors (Lipinski definition) is 2. The van der Waals surface area contributed by atoms with E-state index >= 15 is 0 Å². The van der Waals surface area contributed by atoms with Crippen LogP contribution >= 0.6 is 24.0 Å². The molecule has 2 N–H and O–H groups in total. The number of aromatic nitrogens is 2. The molecule has 0 radical (unpaired) electrons. The van der Waals surface area contributed by atoms with Gasteiger partial charge in [-0.25, -0.2) is 4.98 Å². The summed E-state index contributed by atoms with van der Waals surface area (Å²) in [5.41, 5.74) is 1.29. The van der Waals surface area contributed by atoms with Crippen LogP contribution in [0.2, 0.25) is 0 Å². The van der Waals surface area contributed by atoms with Crippen LogP contribution < -0.4 is 10.6 Å². The minimum atomic E-state index is -4.32. The lowest BCUT2D eigenvalue weighted by Gasteiger charge is -2.13. The predicted octanol–water partition coefficient (Wildman–Crippen LogP) is 4.48. The summed E-state index contributed by atoms with van der Waals surface area (Å²) in [6, 6.07) is 15.3. The van der Waals surface area contributed by atoms with E-state index in [1.807, 2.05) is 24.4 Å². The van der Waals surface area contributed by atoms with Crippen LogP contribution in [0.3, 0.4) is 0 Å². The van der Waals surface area contributed by atoms with Crippen molar-refractivity contribution in [1.82, 2.24) is 20.2 Å². The Balaban J connectivity index is 0.00000341. The van der Waals surface area contributed by atoms with Gasteiger partial charge < -0.3 is 15.2 Å². The van der Waals surface area contributed by atoms with E-state index < -0.39 is 11.7 Å². The average Bonchev–Trinajstić information content (AvgIpc) is 3.17. The molecule has 0 bridgehead atoms. The minimum absolute atomic E-state index is 0. The summed E-state index contributed by atoms with van der Waals surface area (Å²) in [5.74, 6) is 1.54. The Labute approximate surface area is 196 Å². The van der Waals surface area contributed by atoms with E-state index in [2.05, 4.69) is 37.3 Å². The van der Waals surface area contributed by atoms with Crippen molar-refractivity contribution in [2.24, 2.45) is 4.99 Å². The highest BCUT2D eigenvalue weighted by Gasteiger charge is 2.29. The van der Waals surface area contributed by atoms with Gasteiger partial charge in [0.2, 0.25) is 0 Å². The Hall–Kier alpha value is -2.56. The number of guanidine groups is 1. The molecule has 0 spiro atoms. The molecule has 0 saturated heterocycles. The third-order valence-corrected chi connectivity index (χ3v) is 4.60. The molecule has 1 heterocycles. The van der Waals surface area contributed by atoms with Crippen molar-refractivity contribution in [1.29, 1.82) is 0 Å². The zero-order valence-electron chi connectivity index (χ0n) is 17.1. The number of nitrogens with one attached hydrogen (secondary N) is 2. The highest BCUT2D eigenvalue weighted by molar-refractivity contribution is 14.0. The van der Waals surface area contributed by atoms with Gasteiger partial charge in [0.1, 0.15) is 5.82 Å². The van der Waals surface area contributed by atoms with E-state index in [0.717, 1.165) is 30.1 Å². The lowest BCUT2D eigenvalue weighted by atomic mass is 10.1. The summed E-state index contributed by atoms with van der Waals surface area (Å²) < 4.78 is 40.0. The Morgan fingerprint density at radius 3 is 2.35 bits per heavy atom. The molecule has 0 aliphatic heterocycles. The summed E-state index contributed by atoms with van der Waals surface area (Å²) in [4.78, 5) is 8.58. The van der Waals surface area contributed by atoms with E-state index in [1.54, 1.807) is 13.2 Å². The van der Waals surface area contributed by atoms with Crippen LogP contribution in [0.1, 0.15) is 22.5 Å². The molecule has 0 aliphatic rings. The second-order valence-corrected chi connectivity index (χ2v) is 6.75. The van der Waals surface area contributed by atoms with Crippen molar-refractivity contribution in [3.8, 4) is 0 Å². The van der Waals surface area contributed by atoms with E-state index in [0.29, 0.717) is 25.5 Å². The first-order chi connectivity index (χ1) is 14.5. The van der Waals surface area contributed by atoms with Crippen molar-refractivity contribution in [3.05, 3.63) is 89.5 Å². The lowest BCUT2D eigenvalue weighted by molar-refractivity contribution is -0.137. The number of hydrogen-bond acceptors (Lipinski definition) is 2. The monoisotopic (exact) mass is 543 g/mol. The lowest BCUT2D eigenvalue weighted by Crippen LogP contribution is -2.38. The minimum Gasteiger partial charge on any atom is -0.356 e. The standard InChI is InChI=1S/C22H24F3N5.HI/c1-26-21(29-15-17-7-9-19(10-8-17)22(23,24)25)28-12-11-20-27-13-14-30(20)16-18-5-3-2-4-6-18;/h2-10,13-14H,11-12,15-16H2,1H3,(H2,26,28,29);1H. The molecule has 2 aromatic carbocycles. The van der Waals surface area contributed by atoms with Gasteiger partial charge in [0.15, 0.2) is 5.96 Å². The first-order valence-electron chi connectivity index (χ1n) is 9.60. The van der Waals surface area contributed by atoms with Crippen molar-refractivity contribution in [2.75, 3.05) is 13.6 Å². The molecule has 9 heteroatoms. The summed E-state index contributed by atoms with van der Waals surface area (Å²) in [6.07, 6.45) is 0.131. The molecular weight excluding hydrogens is 518 g/mol. The summed E-state index contributed by atoms with van der Waals surface area (Å²) in [6.45, 7) is 1.76. The molecule has 166 valence electrons. The maximum absolute atomic E-state index is 12.6. The normalized spacial score (nSPS) is 11.7. The zero-order valence-corrected chi connectivity index (χ0v) is 19.4. The number of imidazole rings is 1.